The lowest BCUT2D eigenvalue weighted by Crippen LogP contribution is -2.58. The zero-order valence-electron chi connectivity index (χ0n) is 9.25. The van der Waals surface area contributed by atoms with Crippen LogP contribution < -0.4 is 0 Å². The second-order valence-electron chi connectivity index (χ2n) is 4.82. The Morgan fingerprint density at radius 3 is 2.46 bits per heavy atom. The molecule has 0 radical (unpaired) electrons. The number of aliphatic hydroxyl groups excluding tert-OH is 1. The van der Waals surface area contributed by atoms with Gasteiger partial charge in [0.2, 0.25) is 0 Å². The lowest BCUT2D eigenvalue weighted by molar-refractivity contribution is 0.0182. The first kappa shape index (κ1) is 11.0. The van der Waals surface area contributed by atoms with Crippen LogP contribution in [0.3, 0.4) is 0 Å². The summed E-state index contributed by atoms with van der Waals surface area (Å²) in [5, 5.41) is 9.29. The Morgan fingerprint density at radius 1 is 1.38 bits per heavy atom. The second-order valence-corrected chi connectivity index (χ2v) is 4.82. The molecule has 0 aromatic heterocycles. The van der Waals surface area contributed by atoms with Gasteiger partial charge in [0.05, 0.1) is 6.10 Å². The van der Waals surface area contributed by atoms with Crippen LogP contribution in [-0.4, -0.2) is 59.8 Å². The molecule has 0 aromatic carbocycles. The van der Waals surface area contributed by atoms with Crippen LogP contribution in [-0.2, 0) is 0 Å². The van der Waals surface area contributed by atoms with Crippen LogP contribution in [0.5, 0.6) is 0 Å². The molecule has 1 N–H and O–H groups in total. The first-order chi connectivity index (χ1) is 5.92. The van der Waals surface area contributed by atoms with Crippen molar-refractivity contribution in [3.05, 3.63) is 0 Å². The molecule has 1 aliphatic rings. The minimum absolute atomic E-state index is 0.209. The van der Waals surface area contributed by atoms with Crippen LogP contribution in [0.25, 0.3) is 0 Å². The number of rotatable bonds is 2. The van der Waals surface area contributed by atoms with E-state index >= 15 is 0 Å². The Bertz CT molecular complexity index is 168. The van der Waals surface area contributed by atoms with Crippen molar-refractivity contribution in [1.29, 1.82) is 0 Å². The van der Waals surface area contributed by atoms with Gasteiger partial charge in [-0.3, -0.25) is 9.80 Å². The topological polar surface area (TPSA) is 26.7 Å². The van der Waals surface area contributed by atoms with Crippen LogP contribution >= 0.6 is 0 Å². The van der Waals surface area contributed by atoms with Crippen LogP contribution in [0.15, 0.2) is 0 Å². The summed E-state index contributed by atoms with van der Waals surface area (Å²) in [6.07, 6.45) is -0.209. The summed E-state index contributed by atoms with van der Waals surface area (Å²) in [4.78, 5) is 4.72. The van der Waals surface area contributed by atoms with E-state index in [2.05, 4.69) is 30.7 Å². The SMILES string of the molecule is C[C@H](O)CN1CCN(C)C(C)(C)C1. The van der Waals surface area contributed by atoms with Crippen molar-refractivity contribution in [3.8, 4) is 0 Å². The average Bonchev–Trinajstić information content (AvgIpc) is 1.95. The van der Waals surface area contributed by atoms with Gasteiger partial charge < -0.3 is 5.11 Å². The quantitative estimate of drug-likeness (QED) is 0.676. The molecule has 0 aliphatic carbocycles. The van der Waals surface area contributed by atoms with Crippen molar-refractivity contribution >= 4 is 0 Å². The number of hydrogen-bond acceptors (Lipinski definition) is 3. The van der Waals surface area contributed by atoms with E-state index in [9.17, 15) is 5.11 Å². The zero-order chi connectivity index (χ0) is 10.1. The predicted molar refractivity (Wildman–Crippen MR) is 54.8 cm³/mol. The molecule has 0 saturated carbocycles. The van der Waals surface area contributed by atoms with Gasteiger partial charge in [-0.05, 0) is 27.8 Å². The maximum atomic E-state index is 9.29. The monoisotopic (exact) mass is 186 g/mol. The molecule has 1 rings (SSSR count). The summed E-state index contributed by atoms with van der Waals surface area (Å²) in [7, 11) is 2.17. The minimum atomic E-state index is -0.209. The lowest BCUT2D eigenvalue weighted by Gasteiger charge is -2.45. The summed E-state index contributed by atoms with van der Waals surface area (Å²) in [6.45, 7) is 10.4. The number of likely N-dealkylation sites (N-methyl/N-ethyl adjacent to an activating group) is 1. The van der Waals surface area contributed by atoms with Gasteiger partial charge in [0.1, 0.15) is 0 Å². The second kappa shape index (κ2) is 3.95. The number of hydrogen-bond donors (Lipinski definition) is 1. The first-order valence-electron chi connectivity index (χ1n) is 5.03. The van der Waals surface area contributed by atoms with E-state index in [1.807, 2.05) is 6.92 Å². The van der Waals surface area contributed by atoms with Gasteiger partial charge in [-0.25, -0.2) is 0 Å². The average molecular weight is 186 g/mol. The van der Waals surface area contributed by atoms with Gasteiger partial charge in [-0.1, -0.05) is 0 Å². The zero-order valence-corrected chi connectivity index (χ0v) is 9.25. The van der Waals surface area contributed by atoms with Gasteiger partial charge in [-0.2, -0.15) is 0 Å². The molecule has 0 spiro atoms. The van der Waals surface area contributed by atoms with Crippen LogP contribution in [0.2, 0.25) is 0 Å². The normalized spacial score (nSPS) is 27.5. The number of nitrogens with zero attached hydrogens (tertiary/aromatic N) is 2. The highest BCUT2D eigenvalue weighted by Gasteiger charge is 2.30. The molecule has 0 unspecified atom stereocenters. The highest BCUT2D eigenvalue weighted by Crippen LogP contribution is 2.18. The molecular weight excluding hydrogens is 164 g/mol. The van der Waals surface area contributed by atoms with Crippen molar-refractivity contribution < 1.29 is 5.11 Å². The van der Waals surface area contributed by atoms with Gasteiger partial charge in [0, 0.05) is 31.7 Å². The van der Waals surface area contributed by atoms with E-state index in [1.165, 1.54) is 0 Å². The fraction of sp³-hybridized carbons (Fsp3) is 1.00. The van der Waals surface area contributed by atoms with Gasteiger partial charge >= 0.3 is 0 Å². The molecule has 78 valence electrons. The Balaban J connectivity index is 2.46. The lowest BCUT2D eigenvalue weighted by atomic mass is 9.99. The maximum absolute atomic E-state index is 9.29. The van der Waals surface area contributed by atoms with E-state index in [0.29, 0.717) is 0 Å². The van der Waals surface area contributed by atoms with Crippen molar-refractivity contribution in [2.24, 2.45) is 0 Å². The van der Waals surface area contributed by atoms with Crippen LogP contribution in [0, 0.1) is 0 Å². The van der Waals surface area contributed by atoms with Crippen LogP contribution in [0.4, 0.5) is 0 Å². The molecule has 13 heavy (non-hydrogen) atoms. The molecule has 1 saturated heterocycles. The standard InChI is InChI=1S/C10H22N2O/c1-9(13)7-12-6-5-11(4)10(2,3)8-12/h9,13H,5-8H2,1-4H3/t9-/m0/s1. The maximum Gasteiger partial charge on any atom is 0.0639 e. The third kappa shape index (κ3) is 2.93. The number of aliphatic hydroxyl groups is 1. The largest absolute Gasteiger partial charge is 0.392 e. The molecule has 0 aromatic rings. The van der Waals surface area contributed by atoms with Crippen molar-refractivity contribution in [2.45, 2.75) is 32.4 Å². The van der Waals surface area contributed by atoms with E-state index in [0.717, 1.165) is 26.2 Å². The minimum Gasteiger partial charge on any atom is -0.392 e. The number of β-amino-alcohol motifs (C(OH)–C–C–N with tert-alkyl or cyclic N) is 1. The summed E-state index contributed by atoms with van der Waals surface area (Å²) in [5.41, 5.74) is 0.243. The third-order valence-corrected chi connectivity index (χ3v) is 2.92. The molecule has 1 heterocycles. The van der Waals surface area contributed by atoms with E-state index in [-0.39, 0.29) is 11.6 Å². The van der Waals surface area contributed by atoms with Gasteiger partial charge in [0.15, 0.2) is 0 Å². The smallest absolute Gasteiger partial charge is 0.0639 e. The molecule has 3 nitrogen and oxygen atoms in total. The molecule has 1 atom stereocenters. The van der Waals surface area contributed by atoms with E-state index in [1.54, 1.807) is 0 Å². The molecule has 0 bridgehead atoms. The predicted octanol–water partition coefficient (Wildman–Crippen LogP) is 0.393. The first-order valence-corrected chi connectivity index (χ1v) is 5.03. The highest BCUT2D eigenvalue weighted by molar-refractivity contribution is 4.88. The Labute approximate surface area is 81.3 Å². The van der Waals surface area contributed by atoms with Crippen molar-refractivity contribution in [1.82, 2.24) is 9.80 Å². The molecule has 0 amide bonds. The molecule has 1 aliphatic heterocycles. The van der Waals surface area contributed by atoms with Crippen molar-refractivity contribution in [2.75, 3.05) is 33.2 Å². The van der Waals surface area contributed by atoms with Gasteiger partial charge in [-0.15, -0.1) is 0 Å². The Kier molecular flexibility index (Phi) is 3.33. The molecule has 1 fully saturated rings. The number of piperazine rings is 1. The Hall–Kier alpha value is -0.120. The summed E-state index contributed by atoms with van der Waals surface area (Å²) in [5.74, 6) is 0. The van der Waals surface area contributed by atoms with E-state index < -0.39 is 0 Å². The van der Waals surface area contributed by atoms with Gasteiger partial charge in [0.25, 0.3) is 0 Å². The molecule has 3 heteroatoms. The summed E-state index contributed by atoms with van der Waals surface area (Å²) in [6, 6.07) is 0. The Morgan fingerprint density at radius 2 is 2.00 bits per heavy atom. The van der Waals surface area contributed by atoms with Crippen LogP contribution in [0.1, 0.15) is 20.8 Å². The fourth-order valence-electron chi connectivity index (χ4n) is 1.87. The van der Waals surface area contributed by atoms with E-state index in [4.69, 9.17) is 0 Å². The summed E-state index contributed by atoms with van der Waals surface area (Å²) >= 11 is 0. The van der Waals surface area contributed by atoms with Crippen molar-refractivity contribution in [3.63, 3.8) is 0 Å². The fourth-order valence-corrected chi connectivity index (χ4v) is 1.87. The summed E-state index contributed by atoms with van der Waals surface area (Å²) < 4.78 is 0. The molecular formula is C10H22N2O. The highest BCUT2D eigenvalue weighted by atomic mass is 16.3. The third-order valence-electron chi connectivity index (χ3n) is 2.92.